The molecule has 2 aliphatic rings. The molecule has 9 heteroatoms. The van der Waals surface area contributed by atoms with E-state index in [4.69, 9.17) is 9.73 Å². The van der Waals surface area contributed by atoms with E-state index in [0.29, 0.717) is 6.54 Å². The van der Waals surface area contributed by atoms with E-state index < -0.39 is 0 Å². The monoisotopic (exact) mass is 490 g/mol. The molecule has 3 heterocycles. The Balaban J connectivity index is 0.00000261. The number of rotatable bonds is 4. The lowest BCUT2D eigenvalue weighted by molar-refractivity contribution is -0.146. The van der Waals surface area contributed by atoms with Crippen molar-refractivity contribution in [1.82, 2.24) is 25.0 Å². The first-order valence-electron chi connectivity index (χ1n) is 9.75. The van der Waals surface area contributed by atoms with Gasteiger partial charge in [-0.15, -0.1) is 34.2 Å². The van der Waals surface area contributed by atoms with Gasteiger partial charge in [0.1, 0.15) is 12.4 Å². The molecule has 1 saturated heterocycles. The van der Waals surface area contributed by atoms with Gasteiger partial charge in [0.2, 0.25) is 0 Å². The van der Waals surface area contributed by atoms with E-state index in [1.807, 2.05) is 0 Å². The molecule has 152 valence electrons. The predicted molar refractivity (Wildman–Crippen MR) is 114 cm³/mol. The maximum absolute atomic E-state index is 11.7. The molecule has 0 spiro atoms. The van der Waals surface area contributed by atoms with Crippen molar-refractivity contribution in [3.8, 4) is 0 Å². The fourth-order valence-electron chi connectivity index (χ4n) is 3.73. The molecule has 0 bridgehead atoms. The van der Waals surface area contributed by atoms with Crippen molar-refractivity contribution in [2.75, 3.05) is 26.7 Å². The number of likely N-dealkylation sites (tertiary alicyclic amines) is 1. The van der Waals surface area contributed by atoms with E-state index in [1.165, 1.54) is 26.4 Å². The van der Waals surface area contributed by atoms with E-state index in [9.17, 15) is 4.79 Å². The lowest BCUT2D eigenvalue weighted by atomic mass is 9.97. The van der Waals surface area contributed by atoms with Crippen LogP contribution in [0.3, 0.4) is 0 Å². The molecule has 0 aliphatic carbocycles. The second-order valence-corrected chi connectivity index (χ2v) is 6.95. The van der Waals surface area contributed by atoms with E-state index in [1.54, 1.807) is 0 Å². The van der Waals surface area contributed by atoms with Crippen LogP contribution in [0.4, 0.5) is 0 Å². The largest absolute Gasteiger partial charge is 0.469 e. The van der Waals surface area contributed by atoms with Gasteiger partial charge < -0.3 is 19.5 Å². The van der Waals surface area contributed by atoms with E-state index in [-0.39, 0.29) is 35.9 Å². The smallest absolute Gasteiger partial charge is 0.308 e. The number of hydrogen-bond donors (Lipinski definition) is 1. The number of nitrogens with one attached hydrogen (secondary N) is 1. The number of guanidine groups is 1. The summed E-state index contributed by atoms with van der Waals surface area (Å²) in [5.74, 6) is 2.84. The number of aliphatic imine (C=N–C) groups is 1. The van der Waals surface area contributed by atoms with Crippen molar-refractivity contribution >= 4 is 35.9 Å². The number of esters is 1. The summed E-state index contributed by atoms with van der Waals surface area (Å²) in [4.78, 5) is 18.7. The van der Waals surface area contributed by atoms with Crippen LogP contribution < -0.4 is 5.32 Å². The summed E-state index contributed by atoms with van der Waals surface area (Å²) in [6.07, 6.45) is 6.25. The van der Waals surface area contributed by atoms with Crippen LogP contribution in [0, 0.1) is 5.92 Å². The van der Waals surface area contributed by atoms with Crippen LogP contribution in [-0.2, 0) is 29.0 Å². The fraction of sp³-hybridized carbons (Fsp3) is 0.778. The molecule has 1 fully saturated rings. The van der Waals surface area contributed by atoms with Crippen LogP contribution in [0.15, 0.2) is 4.99 Å². The molecule has 27 heavy (non-hydrogen) atoms. The van der Waals surface area contributed by atoms with E-state index in [0.717, 1.165) is 63.0 Å². The molecule has 2 aliphatic heterocycles. The molecule has 0 radical (unpaired) electrons. The molecule has 8 nitrogen and oxygen atoms in total. The highest BCUT2D eigenvalue weighted by molar-refractivity contribution is 14.0. The second-order valence-electron chi connectivity index (χ2n) is 6.95. The molecule has 1 aromatic rings. The average Bonchev–Trinajstić information content (AvgIpc) is 2.90. The Labute approximate surface area is 178 Å². The third-order valence-corrected chi connectivity index (χ3v) is 5.22. The maximum atomic E-state index is 11.7. The molecule has 1 N–H and O–H groups in total. The zero-order valence-corrected chi connectivity index (χ0v) is 18.6. The van der Waals surface area contributed by atoms with E-state index in [2.05, 4.69) is 31.9 Å². The summed E-state index contributed by atoms with van der Waals surface area (Å²) in [6.45, 7) is 6.03. The van der Waals surface area contributed by atoms with E-state index >= 15 is 0 Å². The molecular weight excluding hydrogens is 459 g/mol. The van der Waals surface area contributed by atoms with Gasteiger partial charge >= 0.3 is 5.97 Å². The lowest BCUT2D eigenvalue weighted by Crippen LogP contribution is -2.46. The van der Waals surface area contributed by atoms with Crippen molar-refractivity contribution < 1.29 is 9.53 Å². The summed E-state index contributed by atoms with van der Waals surface area (Å²) in [7, 11) is 1.46. The first-order valence-corrected chi connectivity index (χ1v) is 9.75. The summed E-state index contributed by atoms with van der Waals surface area (Å²) >= 11 is 0. The molecule has 0 atom stereocenters. The third-order valence-electron chi connectivity index (χ3n) is 5.22. The molecule has 0 saturated carbocycles. The Hall–Kier alpha value is -1.39. The molecule has 1 aromatic heterocycles. The summed E-state index contributed by atoms with van der Waals surface area (Å²) in [5, 5.41) is 12.1. The number of hydrogen-bond acceptors (Lipinski definition) is 5. The zero-order chi connectivity index (χ0) is 18.4. The number of aromatic nitrogens is 3. The number of aryl methyl sites for hydroxylation is 1. The van der Waals surface area contributed by atoms with Crippen molar-refractivity contribution in [3.63, 3.8) is 0 Å². The third kappa shape index (κ3) is 5.55. The first-order chi connectivity index (χ1) is 12.7. The Bertz CT molecular complexity index is 640. The number of halogens is 1. The Morgan fingerprint density at radius 3 is 2.70 bits per heavy atom. The number of carbonyl (C=O) groups is 1. The van der Waals surface area contributed by atoms with Gasteiger partial charge in [0, 0.05) is 32.6 Å². The maximum Gasteiger partial charge on any atom is 0.308 e. The quantitative estimate of drug-likeness (QED) is 0.301. The lowest BCUT2D eigenvalue weighted by Gasteiger charge is -2.33. The SMILES string of the molecule is CCNC(=NCc1nnc2n1CCCCC2)N1CCC(C(=O)OC)CC1.I. The number of methoxy groups -OCH3 is 1. The van der Waals surface area contributed by atoms with Gasteiger partial charge in [-0.25, -0.2) is 4.99 Å². The normalized spacial score (nSPS) is 18.3. The van der Waals surface area contributed by atoms with Crippen molar-refractivity contribution in [1.29, 1.82) is 0 Å². The minimum Gasteiger partial charge on any atom is -0.469 e. The number of fused-ring (bicyclic) bond motifs is 1. The average molecular weight is 490 g/mol. The van der Waals surface area contributed by atoms with Gasteiger partial charge in [-0.05, 0) is 32.6 Å². The van der Waals surface area contributed by atoms with Crippen LogP contribution in [-0.4, -0.2) is 58.3 Å². The van der Waals surface area contributed by atoms with Crippen molar-refractivity contribution in [2.24, 2.45) is 10.9 Å². The molecule has 0 amide bonds. The fourth-order valence-corrected chi connectivity index (χ4v) is 3.73. The van der Waals surface area contributed by atoms with Gasteiger partial charge in [-0.1, -0.05) is 6.42 Å². The molecule has 0 aromatic carbocycles. The van der Waals surface area contributed by atoms with Gasteiger partial charge in [0.25, 0.3) is 0 Å². The Kier molecular flexibility index (Phi) is 8.78. The number of nitrogens with zero attached hydrogens (tertiary/aromatic N) is 5. The van der Waals surface area contributed by atoms with Gasteiger partial charge in [0.05, 0.1) is 13.0 Å². The second kappa shape index (κ2) is 10.8. The standard InChI is InChI=1S/C18H30N6O2.HI/c1-3-19-18(23-11-8-14(9-12-23)17(25)26-2)20-13-16-22-21-15-7-5-4-6-10-24(15)16;/h14H,3-13H2,1-2H3,(H,19,20);1H. The van der Waals surface area contributed by atoms with Crippen LogP contribution in [0.5, 0.6) is 0 Å². The zero-order valence-electron chi connectivity index (χ0n) is 16.3. The van der Waals surface area contributed by atoms with Crippen LogP contribution >= 0.6 is 24.0 Å². The minimum atomic E-state index is -0.0993. The highest BCUT2D eigenvalue weighted by Crippen LogP contribution is 2.19. The van der Waals surface area contributed by atoms with Crippen LogP contribution in [0.1, 0.15) is 50.7 Å². The molecular formula is C18H31IN6O2. The van der Waals surface area contributed by atoms with Crippen molar-refractivity contribution in [3.05, 3.63) is 11.6 Å². The highest BCUT2D eigenvalue weighted by Gasteiger charge is 2.27. The Morgan fingerprint density at radius 1 is 1.22 bits per heavy atom. The molecule has 0 unspecified atom stereocenters. The van der Waals surface area contributed by atoms with Crippen LogP contribution in [0.25, 0.3) is 0 Å². The van der Waals surface area contributed by atoms with Gasteiger partial charge in [-0.3, -0.25) is 4.79 Å². The van der Waals surface area contributed by atoms with Crippen molar-refractivity contribution in [2.45, 2.75) is 58.5 Å². The Morgan fingerprint density at radius 2 is 2.00 bits per heavy atom. The van der Waals surface area contributed by atoms with Crippen LogP contribution in [0.2, 0.25) is 0 Å². The topological polar surface area (TPSA) is 84.6 Å². The summed E-state index contributed by atoms with van der Waals surface area (Å²) < 4.78 is 7.11. The first kappa shape index (κ1) is 21.9. The number of ether oxygens (including phenoxy) is 1. The van der Waals surface area contributed by atoms with Gasteiger partial charge in [0.15, 0.2) is 11.8 Å². The number of piperidine rings is 1. The number of carbonyl (C=O) groups excluding carboxylic acids is 1. The minimum absolute atomic E-state index is 0. The highest BCUT2D eigenvalue weighted by atomic mass is 127. The van der Waals surface area contributed by atoms with Gasteiger partial charge in [-0.2, -0.15) is 0 Å². The summed E-state index contributed by atoms with van der Waals surface area (Å²) in [6, 6.07) is 0. The molecule has 3 rings (SSSR count). The summed E-state index contributed by atoms with van der Waals surface area (Å²) in [5.41, 5.74) is 0. The predicted octanol–water partition coefficient (Wildman–Crippen LogP) is 1.97.